The van der Waals surface area contributed by atoms with Crippen LogP contribution in [0.5, 0.6) is 0 Å². The lowest BCUT2D eigenvalue weighted by atomic mass is 10.1. The Morgan fingerprint density at radius 1 is 1.12 bits per heavy atom. The van der Waals surface area contributed by atoms with Crippen molar-refractivity contribution >= 4 is 5.69 Å². The number of hydrogen-bond donors (Lipinski definition) is 1. The summed E-state index contributed by atoms with van der Waals surface area (Å²) in [4.78, 5) is 2.12. The fraction of sp³-hybridized carbons (Fsp3) is 0.500. The van der Waals surface area contributed by atoms with Crippen molar-refractivity contribution in [2.24, 2.45) is 0 Å². The van der Waals surface area contributed by atoms with Gasteiger partial charge in [0.25, 0.3) is 0 Å². The van der Waals surface area contributed by atoms with E-state index in [9.17, 15) is 8.78 Å². The van der Waals surface area contributed by atoms with E-state index >= 15 is 0 Å². The first kappa shape index (κ1) is 11.3. The number of piperazine rings is 1. The first-order valence-corrected chi connectivity index (χ1v) is 5.53. The van der Waals surface area contributed by atoms with Gasteiger partial charge in [-0.15, -0.1) is 0 Å². The zero-order valence-corrected chi connectivity index (χ0v) is 9.50. The summed E-state index contributed by atoms with van der Waals surface area (Å²) in [7, 11) is 0. The van der Waals surface area contributed by atoms with Gasteiger partial charge in [-0.2, -0.15) is 0 Å². The standard InChI is InChI=1S/C12H16F2N2/c1-8-6-15-7-9(2)16(8)10-3-4-11(13)12(14)5-10/h3-5,8-9,15H,6-7H2,1-2H3/t8-,9+. The molecule has 16 heavy (non-hydrogen) atoms. The van der Waals surface area contributed by atoms with E-state index in [1.807, 2.05) is 0 Å². The molecule has 1 aromatic rings. The Hall–Kier alpha value is -1.16. The van der Waals surface area contributed by atoms with Crippen LogP contribution in [0.4, 0.5) is 14.5 Å². The summed E-state index contributed by atoms with van der Waals surface area (Å²) in [5, 5.41) is 3.30. The first-order valence-electron chi connectivity index (χ1n) is 5.53. The molecule has 0 bridgehead atoms. The van der Waals surface area contributed by atoms with Crippen LogP contribution < -0.4 is 10.2 Å². The normalized spacial score (nSPS) is 25.9. The Morgan fingerprint density at radius 2 is 1.75 bits per heavy atom. The van der Waals surface area contributed by atoms with Crippen molar-refractivity contribution in [1.82, 2.24) is 5.32 Å². The van der Waals surface area contributed by atoms with Gasteiger partial charge in [0, 0.05) is 36.9 Å². The molecule has 0 aromatic heterocycles. The molecule has 1 aliphatic rings. The van der Waals surface area contributed by atoms with Crippen LogP contribution in [-0.4, -0.2) is 25.2 Å². The Kier molecular flexibility index (Phi) is 3.10. The molecule has 0 aliphatic carbocycles. The highest BCUT2D eigenvalue weighted by Gasteiger charge is 2.25. The first-order chi connectivity index (χ1) is 7.59. The second-order valence-corrected chi connectivity index (χ2v) is 4.36. The third-order valence-corrected chi connectivity index (χ3v) is 3.03. The second-order valence-electron chi connectivity index (χ2n) is 4.36. The van der Waals surface area contributed by atoms with Crippen molar-refractivity contribution in [1.29, 1.82) is 0 Å². The van der Waals surface area contributed by atoms with E-state index in [1.165, 1.54) is 12.1 Å². The molecule has 0 radical (unpaired) electrons. The van der Waals surface area contributed by atoms with E-state index in [1.54, 1.807) is 6.07 Å². The molecule has 1 saturated heterocycles. The third-order valence-electron chi connectivity index (χ3n) is 3.03. The van der Waals surface area contributed by atoms with E-state index in [4.69, 9.17) is 0 Å². The fourth-order valence-electron chi connectivity index (χ4n) is 2.29. The third kappa shape index (κ3) is 2.02. The highest BCUT2D eigenvalue weighted by Crippen LogP contribution is 2.23. The van der Waals surface area contributed by atoms with Gasteiger partial charge in [0.15, 0.2) is 11.6 Å². The lowest BCUT2D eigenvalue weighted by molar-refractivity contribution is 0.430. The molecule has 1 fully saturated rings. The van der Waals surface area contributed by atoms with Gasteiger partial charge in [-0.1, -0.05) is 0 Å². The topological polar surface area (TPSA) is 15.3 Å². The van der Waals surface area contributed by atoms with Crippen LogP contribution in [0.2, 0.25) is 0 Å². The van der Waals surface area contributed by atoms with Crippen LogP contribution in [0.1, 0.15) is 13.8 Å². The van der Waals surface area contributed by atoms with E-state index < -0.39 is 11.6 Å². The maximum atomic E-state index is 13.2. The average molecular weight is 226 g/mol. The maximum absolute atomic E-state index is 13.2. The Labute approximate surface area is 94.3 Å². The van der Waals surface area contributed by atoms with Crippen molar-refractivity contribution in [2.45, 2.75) is 25.9 Å². The molecule has 4 heteroatoms. The number of nitrogens with one attached hydrogen (secondary N) is 1. The molecular formula is C12H16F2N2. The Bertz CT molecular complexity index is 371. The summed E-state index contributed by atoms with van der Waals surface area (Å²) in [6, 6.07) is 4.67. The molecule has 1 heterocycles. The lowest BCUT2D eigenvalue weighted by Gasteiger charge is -2.41. The van der Waals surface area contributed by atoms with Crippen molar-refractivity contribution in [3.05, 3.63) is 29.8 Å². The number of benzene rings is 1. The van der Waals surface area contributed by atoms with E-state index in [0.29, 0.717) is 0 Å². The minimum atomic E-state index is -0.792. The van der Waals surface area contributed by atoms with Crippen LogP contribution in [-0.2, 0) is 0 Å². The summed E-state index contributed by atoms with van der Waals surface area (Å²) >= 11 is 0. The maximum Gasteiger partial charge on any atom is 0.160 e. The predicted molar refractivity (Wildman–Crippen MR) is 60.6 cm³/mol. The van der Waals surface area contributed by atoms with Gasteiger partial charge in [0.05, 0.1) is 0 Å². The average Bonchev–Trinajstić information content (AvgIpc) is 2.23. The SMILES string of the molecule is C[C@@H]1CNC[C@H](C)N1c1ccc(F)c(F)c1. The molecule has 1 aromatic carbocycles. The minimum absolute atomic E-state index is 0.286. The number of anilines is 1. The molecule has 2 atom stereocenters. The largest absolute Gasteiger partial charge is 0.363 e. The highest BCUT2D eigenvalue weighted by molar-refractivity contribution is 5.49. The van der Waals surface area contributed by atoms with Gasteiger partial charge in [0.2, 0.25) is 0 Å². The molecule has 0 amide bonds. The van der Waals surface area contributed by atoms with Crippen LogP contribution >= 0.6 is 0 Å². The van der Waals surface area contributed by atoms with E-state index in [2.05, 4.69) is 24.1 Å². The predicted octanol–water partition coefficient (Wildman–Crippen LogP) is 2.15. The van der Waals surface area contributed by atoms with Gasteiger partial charge in [-0.05, 0) is 26.0 Å². The number of hydrogen-bond acceptors (Lipinski definition) is 2. The molecule has 88 valence electrons. The summed E-state index contributed by atoms with van der Waals surface area (Å²) < 4.78 is 26.0. The smallest absolute Gasteiger partial charge is 0.160 e. The van der Waals surface area contributed by atoms with Gasteiger partial charge in [-0.3, -0.25) is 0 Å². The fourth-order valence-corrected chi connectivity index (χ4v) is 2.29. The quantitative estimate of drug-likeness (QED) is 0.789. The number of halogens is 2. The van der Waals surface area contributed by atoms with Gasteiger partial charge >= 0.3 is 0 Å². The monoisotopic (exact) mass is 226 g/mol. The van der Waals surface area contributed by atoms with Gasteiger partial charge in [-0.25, -0.2) is 8.78 Å². The van der Waals surface area contributed by atoms with Crippen LogP contribution in [0, 0.1) is 11.6 Å². The highest BCUT2D eigenvalue weighted by atomic mass is 19.2. The van der Waals surface area contributed by atoms with Gasteiger partial charge < -0.3 is 10.2 Å². The van der Waals surface area contributed by atoms with Crippen LogP contribution in [0.3, 0.4) is 0 Å². The van der Waals surface area contributed by atoms with Crippen LogP contribution in [0.25, 0.3) is 0 Å². The molecule has 1 aliphatic heterocycles. The van der Waals surface area contributed by atoms with Crippen molar-refractivity contribution in [3.63, 3.8) is 0 Å². The summed E-state index contributed by atoms with van der Waals surface area (Å²) in [6.45, 7) is 5.88. The summed E-state index contributed by atoms with van der Waals surface area (Å²) in [5.74, 6) is -1.57. The molecular weight excluding hydrogens is 210 g/mol. The van der Waals surface area contributed by atoms with Crippen molar-refractivity contribution in [2.75, 3.05) is 18.0 Å². The molecule has 1 N–H and O–H groups in total. The molecule has 2 nitrogen and oxygen atoms in total. The molecule has 2 rings (SSSR count). The second kappa shape index (κ2) is 4.37. The molecule has 0 saturated carbocycles. The number of nitrogens with zero attached hydrogens (tertiary/aromatic N) is 1. The van der Waals surface area contributed by atoms with Crippen LogP contribution in [0.15, 0.2) is 18.2 Å². The molecule has 0 unspecified atom stereocenters. The Morgan fingerprint density at radius 3 is 2.31 bits per heavy atom. The minimum Gasteiger partial charge on any atom is -0.363 e. The van der Waals surface area contributed by atoms with Crippen molar-refractivity contribution < 1.29 is 8.78 Å². The summed E-state index contributed by atoms with van der Waals surface area (Å²) in [5.41, 5.74) is 0.750. The summed E-state index contributed by atoms with van der Waals surface area (Å²) in [6.07, 6.45) is 0. The lowest BCUT2D eigenvalue weighted by Crippen LogP contribution is -2.55. The van der Waals surface area contributed by atoms with E-state index in [0.717, 1.165) is 18.8 Å². The van der Waals surface area contributed by atoms with E-state index in [-0.39, 0.29) is 12.1 Å². The Balaban J connectivity index is 2.30. The van der Waals surface area contributed by atoms with Gasteiger partial charge in [0.1, 0.15) is 0 Å². The zero-order valence-electron chi connectivity index (χ0n) is 9.50. The molecule has 0 spiro atoms. The van der Waals surface area contributed by atoms with Crippen molar-refractivity contribution in [3.8, 4) is 0 Å². The number of rotatable bonds is 1. The zero-order chi connectivity index (χ0) is 11.7.